The van der Waals surface area contributed by atoms with E-state index in [2.05, 4.69) is 34.2 Å². The first-order chi connectivity index (χ1) is 24.6. The summed E-state index contributed by atoms with van der Waals surface area (Å²) in [6.45, 7) is 8.32. The summed E-state index contributed by atoms with van der Waals surface area (Å²) in [6, 6.07) is 11.2. The van der Waals surface area contributed by atoms with Gasteiger partial charge in [-0.05, 0) is 101 Å². The Morgan fingerprint density at radius 1 is 1.06 bits per heavy atom. The first kappa shape index (κ1) is 38.6. The number of piperidine rings is 1. The number of methoxy groups -OCH3 is 1. The molecule has 2 amide bonds. The first-order valence-electron chi connectivity index (χ1n) is 17.3. The number of benzene rings is 2. The number of hydrogen-bond donors (Lipinski definition) is 2. The van der Waals surface area contributed by atoms with Gasteiger partial charge in [-0.1, -0.05) is 6.58 Å². The van der Waals surface area contributed by atoms with Gasteiger partial charge in [-0.2, -0.15) is 0 Å². The summed E-state index contributed by atoms with van der Waals surface area (Å²) in [5.74, 6) is 1.13. The number of hydrogen-bond acceptors (Lipinski definition) is 10. The second-order valence-corrected chi connectivity index (χ2v) is 12.6. The molecule has 0 saturated carbocycles. The minimum Gasteiger partial charge on any atom is -0.493 e. The molecule has 0 bridgehead atoms. The van der Waals surface area contributed by atoms with Crippen LogP contribution in [-0.2, 0) is 9.59 Å². The van der Waals surface area contributed by atoms with E-state index >= 15 is 0 Å². The summed E-state index contributed by atoms with van der Waals surface area (Å²) in [7, 11) is 5.43. The Morgan fingerprint density at radius 3 is 2.51 bits per heavy atom. The molecule has 5 rings (SSSR count). The minimum atomic E-state index is -0.220. The summed E-state index contributed by atoms with van der Waals surface area (Å²) in [6.07, 6.45) is 11.1. The number of rotatable bonds is 14. The highest BCUT2D eigenvalue weighted by Crippen LogP contribution is 2.35. The molecule has 2 aliphatic heterocycles. The zero-order valence-corrected chi connectivity index (χ0v) is 30.0. The molecule has 1 aromatic heterocycles. The van der Waals surface area contributed by atoms with Crippen molar-refractivity contribution in [2.24, 2.45) is 4.99 Å². The third kappa shape index (κ3) is 11.1. The van der Waals surface area contributed by atoms with Gasteiger partial charge in [-0.3, -0.25) is 29.1 Å². The number of anilines is 1. The average molecular weight is 700 g/mol. The zero-order chi connectivity index (χ0) is 36.8. The Morgan fingerprint density at radius 2 is 1.84 bits per heavy atom. The van der Waals surface area contributed by atoms with Crippen LogP contribution in [0.4, 0.5) is 11.4 Å². The molecular weight excluding hydrogens is 650 g/mol. The van der Waals surface area contributed by atoms with Gasteiger partial charge < -0.3 is 29.4 Å². The van der Waals surface area contributed by atoms with Crippen LogP contribution >= 0.6 is 0 Å². The van der Waals surface area contributed by atoms with Gasteiger partial charge in [-0.25, -0.2) is 0 Å². The number of likely N-dealkylation sites (tertiary alicyclic amines) is 2. The Bertz CT molecular complexity index is 1760. The standard InChI is InChI=1S/C24H31N3O5.C15H18N2O2/c1-17(15-28)11-18(2)26-24(30)8-6-10-32-23-13-21(19(16-29)12-22(23)31-4)25-14-20-7-5-9-27(20)3;1-16-12-5-6-13-11(9-12)10-14(19-13)15(18)17-7-3-2-4-8-17/h11-16,20H,2,5-10H2,1,3-4H3,(H,26,30);5-6,9-10,16H,2-4,7-8H2,1H3/b17-11+,25-14?;. The number of nitrogens with zero attached hydrogens (tertiary/aromatic N) is 3. The number of amides is 2. The van der Waals surface area contributed by atoms with Crippen LogP contribution < -0.4 is 20.1 Å². The van der Waals surface area contributed by atoms with Crippen LogP contribution in [0, 0.1) is 0 Å². The van der Waals surface area contributed by atoms with Crippen LogP contribution in [0.15, 0.2) is 69.7 Å². The highest BCUT2D eigenvalue weighted by molar-refractivity contribution is 5.96. The summed E-state index contributed by atoms with van der Waals surface area (Å²) >= 11 is 0. The number of furan rings is 1. The third-order valence-electron chi connectivity index (χ3n) is 8.76. The Hall–Kier alpha value is -5.23. The van der Waals surface area contributed by atoms with E-state index in [4.69, 9.17) is 13.9 Å². The van der Waals surface area contributed by atoms with E-state index in [1.54, 1.807) is 19.1 Å². The summed E-state index contributed by atoms with van der Waals surface area (Å²) < 4.78 is 16.8. The largest absolute Gasteiger partial charge is 0.493 e. The van der Waals surface area contributed by atoms with Crippen LogP contribution in [0.25, 0.3) is 11.0 Å². The molecule has 2 fully saturated rings. The quantitative estimate of drug-likeness (QED) is 0.0648. The van der Waals surface area contributed by atoms with Crippen molar-refractivity contribution in [3.8, 4) is 11.5 Å². The lowest BCUT2D eigenvalue weighted by molar-refractivity contribution is -0.120. The smallest absolute Gasteiger partial charge is 0.289 e. The van der Waals surface area contributed by atoms with Crippen molar-refractivity contribution < 1.29 is 33.1 Å². The summed E-state index contributed by atoms with van der Waals surface area (Å²) in [4.78, 5) is 55.1. The lowest BCUT2D eigenvalue weighted by atomic mass is 10.1. The van der Waals surface area contributed by atoms with Crippen molar-refractivity contribution in [1.29, 1.82) is 0 Å². The van der Waals surface area contributed by atoms with Crippen LogP contribution in [0.2, 0.25) is 0 Å². The van der Waals surface area contributed by atoms with E-state index in [-0.39, 0.29) is 30.9 Å². The predicted octanol–water partition coefficient (Wildman–Crippen LogP) is 6.34. The molecule has 3 aromatic rings. The topological polar surface area (TPSA) is 143 Å². The van der Waals surface area contributed by atoms with Gasteiger partial charge in [0.2, 0.25) is 5.91 Å². The van der Waals surface area contributed by atoms with E-state index < -0.39 is 0 Å². The molecule has 2 N–H and O–H groups in total. The molecular formula is C39H49N5O7. The second-order valence-electron chi connectivity index (χ2n) is 12.6. The van der Waals surface area contributed by atoms with E-state index in [1.165, 1.54) is 19.6 Å². The molecule has 51 heavy (non-hydrogen) atoms. The average Bonchev–Trinajstić information content (AvgIpc) is 3.77. The first-order valence-corrected chi connectivity index (χ1v) is 17.3. The van der Waals surface area contributed by atoms with E-state index in [0.29, 0.717) is 52.5 Å². The van der Waals surface area contributed by atoms with Crippen LogP contribution in [-0.4, -0.2) is 93.9 Å². The van der Waals surface area contributed by atoms with E-state index in [9.17, 15) is 19.2 Å². The molecule has 1 atom stereocenters. The van der Waals surface area contributed by atoms with Gasteiger partial charge in [0, 0.05) is 67.2 Å². The SMILES string of the molecule is C=C(/C=C(\C)C=O)NC(=O)CCCOc1cc(N=CC2CCCN2C)c(C=O)cc1OC.CNc1ccc2oc(C(=O)N3CCCCC3)cc2c1. The minimum absolute atomic E-state index is 0.0157. The molecule has 1 unspecified atom stereocenters. The number of allylic oxidation sites excluding steroid dienone is 2. The monoisotopic (exact) mass is 699 g/mol. The van der Waals surface area contributed by atoms with E-state index in [1.807, 2.05) is 42.4 Å². The fourth-order valence-corrected chi connectivity index (χ4v) is 5.89. The van der Waals surface area contributed by atoms with Gasteiger partial charge in [0.1, 0.15) is 11.9 Å². The second kappa shape index (κ2) is 19.2. The third-order valence-corrected chi connectivity index (χ3v) is 8.76. The zero-order valence-electron chi connectivity index (χ0n) is 30.0. The van der Waals surface area contributed by atoms with Crippen molar-refractivity contribution in [3.63, 3.8) is 0 Å². The van der Waals surface area contributed by atoms with Crippen molar-refractivity contribution in [3.05, 3.63) is 71.6 Å². The van der Waals surface area contributed by atoms with Crippen LogP contribution in [0.5, 0.6) is 11.5 Å². The molecule has 2 saturated heterocycles. The summed E-state index contributed by atoms with van der Waals surface area (Å²) in [5.41, 5.74) is 3.55. The molecule has 2 aliphatic rings. The van der Waals surface area contributed by atoms with Gasteiger partial charge in [0.15, 0.2) is 23.5 Å². The van der Waals surface area contributed by atoms with Gasteiger partial charge >= 0.3 is 0 Å². The van der Waals surface area contributed by atoms with E-state index in [0.717, 1.165) is 68.3 Å². The molecule has 0 radical (unpaired) electrons. The molecule has 272 valence electrons. The van der Waals surface area contributed by atoms with Crippen LogP contribution in [0.1, 0.15) is 72.8 Å². The highest BCUT2D eigenvalue weighted by atomic mass is 16.5. The van der Waals surface area contributed by atoms with Gasteiger partial charge in [0.25, 0.3) is 5.91 Å². The molecule has 0 aliphatic carbocycles. The Labute approximate surface area is 299 Å². The molecule has 12 heteroatoms. The number of aliphatic imine (C=N–C) groups is 1. The number of carbonyl (C=O) groups is 4. The molecule has 3 heterocycles. The maximum atomic E-state index is 12.3. The van der Waals surface area contributed by atoms with Crippen molar-refractivity contribution in [2.45, 2.75) is 57.9 Å². The molecule has 2 aromatic carbocycles. The Balaban J connectivity index is 0.000000258. The van der Waals surface area contributed by atoms with Gasteiger partial charge in [-0.15, -0.1) is 0 Å². The number of nitrogens with one attached hydrogen (secondary N) is 2. The lowest BCUT2D eigenvalue weighted by Crippen LogP contribution is -2.35. The number of carbonyl (C=O) groups excluding carboxylic acids is 4. The fraction of sp³-hybridized carbons (Fsp3) is 0.410. The maximum absolute atomic E-state index is 12.3. The predicted molar refractivity (Wildman–Crippen MR) is 200 cm³/mol. The van der Waals surface area contributed by atoms with Crippen LogP contribution in [0.3, 0.4) is 0 Å². The number of aldehydes is 2. The number of fused-ring (bicyclic) bond motifs is 1. The maximum Gasteiger partial charge on any atom is 0.289 e. The van der Waals surface area contributed by atoms with Gasteiger partial charge in [0.05, 0.1) is 19.4 Å². The Kier molecular flexibility index (Phi) is 14.5. The molecule has 0 spiro atoms. The molecule has 12 nitrogen and oxygen atoms in total. The summed E-state index contributed by atoms with van der Waals surface area (Å²) in [5, 5.41) is 6.68. The number of ether oxygens (including phenoxy) is 2. The fourth-order valence-electron chi connectivity index (χ4n) is 5.89. The lowest BCUT2D eigenvalue weighted by Gasteiger charge is -2.25. The van der Waals surface area contributed by atoms with Crippen molar-refractivity contribution >= 4 is 52.9 Å². The van der Waals surface area contributed by atoms with Crippen molar-refractivity contribution in [2.75, 3.05) is 52.8 Å². The van der Waals surface area contributed by atoms with Crippen molar-refractivity contribution in [1.82, 2.24) is 15.1 Å². The highest BCUT2D eigenvalue weighted by Gasteiger charge is 2.22. The normalized spacial score (nSPS) is 16.4.